The summed E-state index contributed by atoms with van der Waals surface area (Å²) in [6, 6.07) is 13.5. The molecule has 4 nitrogen and oxygen atoms in total. The van der Waals surface area contributed by atoms with Crippen LogP contribution in [0.2, 0.25) is 5.02 Å². The van der Waals surface area contributed by atoms with E-state index in [1.54, 1.807) is 25.3 Å². The maximum absolute atomic E-state index is 12.3. The number of halogens is 1. The molecule has 0 spiro atoms. The number of aryl methyl sites for hydroxylation is 1. The Bertz CT molecular complexity index is 719. The molecule has 0 heterocycles. The van der Waals surface area contributed by atoms with Gasteiger partial charge in [0.15, 0.2) is 0 Å². The maximum atomic E-state index is 12.3. The molecule has 0 aromatic heterocycles. The minimum absolute atomic E-state index is 0.0520. The van der Waals surface area contributed by atoms with Crippen molar-refractivity contribution in [1.82, 2.24) is 4.90 Å². The molecule has 0 saturated carbocycles. The number of carbonyl (C=O) groups is 1. The third-order valence-electron chi connectivity index (χ3n) is 4.19. The summed E-state index contributed by atoms with van der Waals surface area (Å²) in [5.74, 6) is 0.550. The Kier molecular flexibility index (Phi) is 7.29. The molecule has 5 heteroatoms. The van der Waals surface area contributed by atoms with Gasteiger partial charge in [0, 0.05) is 24.5 Å². The summed E-state index contributed by atoms with van der Waals surface area (Å²) in [6.45, 7) is 6.65. The Labute approximate surface area is 154 Å². The Balaban J connectivity index is 1.92. The van der Waals surface area contributed by atoms with E-state index < -0.39 is 0 Å². The lowest BCUT2D eigenvalue weighted by molar-refractivity contribution is -0.116. The third-order valence-corrected chi connectivity index (χ3v) is 4.43. The first-order valence-electron chi connectivity index (χ1n) is 8.43. The summed E-state index contributed by atoms with van der Waals surface area (Å²) < 4.78 is 5.26. The van der Waals surface area contributed by atoms with Crippen molar-refractivity contribution in [3.63, 3.8) is 0 Å². The lowest BCUT2D eigenvalue weighted by Gasteiger charge is -2.21. The van der Waals surface area contributed by atoms with Crippen molar-refractivity contribution < 1.29 is 9.53 Å². The fourth-order valence-corrected chi connectivity index (χ4v) is 2.80. The number of nitrogens with one attached hydrogen (secondary N) is 1. The number of hydrogen-bond acceptors (Lipinski definition) is 3. The number of nitrogens with zero attached hydrogens (tertiary/aromatic N) is 1. The predicted molar refractivity (Wildman–Crippen MR) is 103 cm³/mol. The van der Waals surface area contributed by atoms with Gasteiger partial charge in [0.25, 0.3) is 0 Å². The van der Waals surface area contributed by atoms with Crippen LogP contribution in [-0.2, 0) is 11.3 Å². The van der Waals surface area contributed by atoms with E-state index in [-0.39, 0.29) is 5.91 Å². The van der Waals surface area contributed by atoms with Gasteiger partial charge < -0.3 is 10.1 Å². The van der Waals surface area contributed by atoms with Crippen molar-refractivity contribution >= 4 is 23.2 Å². The molecule has 0 aliphatic carbocycles. The molecule has 2 aromatic rings. The monoisotopic (exact) mass is 360 g/mol. The highest BCUT2D eigenvalue weighted by atomic mass is 35.5. The first kappa shape index (κ1) is 19.3. The molecule has 0 unspecified atom stereocenters. The van der Waals surface area contributed by atoms with Gasteiger partial charge in [0.2, 0.25) is 5.91 Å². The zero-order chi connectivity index (χ0) is 18.2. The summed E-state index contributed by atoms with van der Waals surface area (Å²) >= 11 is 6.00. The summed E-state index contributed by atoms with van der Waals surface area (Å²) in [5, 5.41) is 3.44. The average Bonchev–Trinajstić information content (AvgIpc) is 2.60. The third kappa shape index (κ3) is 5.76. The summed E-state index contributed by atoms with van der Waals surface area (Å²) in [6.07, 6.45) is 0.412. The van der Waals surface area contributed by atoms with Crippen LogP contribution in [0.15, 0.2) is 42.5 Å². The van der Waals surface area contributed by atoms with E-state index in [2.05, 4.69) is 36.2 Å². The highest BCUT2D eigenvalue weighted by molar-refractivity contribution is 6.31. The highest BCUT2D eigenvalue weighted by Crippen LogP contribution is 2.27. The maximum Gasteiger partial charge on any atom is 0.225 e. The van der Waals surface area contributed by atoms with Crippen molar-refractivity contribution in [2.45, 2.75) is 26.8 Å². The zero-order valence-corrected chi connectivity index (χ0v) is 15.8. The summed E-state index contributed by atoms with van der Waals surface area (Å²) in [7, 11) is 1.57. The Hall–Kier alpha value is -2.04. The smallest absolute Gasteiger partial charge is 0.225 e. The van der Waals surface area contributed by atoms with Gasteiger partial charge in [-0.2, -0.15) is 0 Å². The van der Waals surface area contributed by atoms with E-state index in [1.807, 2.05) is 12.1 Å². The van der Waals surface area contributed by atoms with E-state index in [9.17, 15) is 4.79 Å². The minimum atomic E-state index is -0.0520. The molecule has 0 atom stereocenters. The zero-order valence-electron chi connectivity index (χ0n) is 15.0. The van der Waals surface area contributed by atoms with Crippen molar-refractivity contribution in [2.75, 3.05) is 25.5 Å². The van der Waals surface area contributed by atoms with Gasteiger partial charge in [-0.15, -0.1) is 0 Å². The van der Waals surface area contributed by atoms with Crippen molar-refractivity contribution in [3.05, 3.63) is 58.6 Å². The second-order valence-corrected chi connectivity index (χ2v) is 6.37. The van der Waals surface area contributed by atoms with E-state index in [0.717, 1.165) is 13.1 Å². The lowest BCUT2D eigenvalue weighted by Crippen LogP contribution is -2.27. The van der Waals surface area contributed by atoms with Crippen LogP contribution in [0.1, 0.15) is 24.5 Å². The normalized spacial score (nSPS) is 10.8. The second-order valence-electron chi connectivity index (χ2n) is 5.94. The molecule has 0 aliphatic rings. The molecule has 0 fully saturated rings. The molecule has 0 aliphatic heterocycles. The Morgan fingerprint density at radius 3 is 2.68 bits per heavy atom. The fraction of sp³-hybridized carbons (Fsp3) is 0.350. The summed E-state index contributed by atoms with van der Waals surface area (Å²) in [4.78, 5) is 14.6. The number of benzene rings is 2. The van der Waals surface area contributed by atoms with Gasteiger partial charge in [0.1, 0.15) is 5.75 Å². The Morgan fingerprint density at radius 1 is 1.24 bits per heavy atom. The SMILES string of the molecule is CCN(CCC(=O)Nc1cc(Cl)ccc1OC)Cc1ccccc1C. The number of rotatable bonds is 8. The molecule has 2 aromatic carbocycles. The van der Waals surface area contributed by atoms with Crippen LogP contribution in [-0.4, -0.2) is 31.0 Å². The quantitative estimate of drug-likeness (QED) is 0.753. The molecule has 0 saturated heterocycles. The molecule has 1 N–H and O–H groups in total. The molecular weight excluding hydrogens is 336 g/mol. The van der Waals surface area contributed by atoms with Crippen LogP contribution in [0.25, 0.3) is 0 Å². The van der Waals surface area contributed by atoms with Crippen LogP contribution in [0.3, 0.4) is 0 Å². The van der Waals surface area contributed by atoms with Gasteiger partial charge in [-0.05, 0) is 42.8 Å². The minimum Gasteiger partial charge on any atom is -0.495 e. The van der Waals surface area contributed by atoms with Gasteiger partial charge in [-0.25, -0.2) is 0 Å². The number of ether oxygens (including phenoxy) is 1. The van der Waals surface area contributed by atoms with Crippen LogP contribution in [0.4, 0.5) is 5.69 Å². The van der Waals surface area contributed by atoms with Gasteiger partial charge in [-0.1, -0.05) is 42.8 Å². The second kappa shape index (κ2) is 9.44. The number of carbonyl (C=O) groups excluding carboxylic acids is 1. The van der Waals surface area contributed by atoms with Crippen molar-refractivity contribution in [2.24, 2.45) is 0 Å². The topological polar surface area (TPSA) is 41.6 Å². The van der Waals surface area contributed by atoms with Gasteiger partial charge in [-0.3, -0.25) is 9.69 Å². The fourth-order valence-electron chi connectivity index (χ4n) is 2.63. The molecule has 134 valence electrons. The van der Waals surface area contributed by atoms with E-state index in [4.69, 9.17) is 16.3 Å². The van der Waals surface area contributed by atoms with Gasteiger partial charge in [0.05, 0.1) is 12.8 Å². The van der Waals surface area contributed by atoms with Crippen LogP contribution in [0, 0.1) is 6.92 Å². The van der Waals surface area contributed by atoms with E-state index in [1.165, 1.54) is 11.1 Å². The van der Waals surface area contributed by atoms with Gasteiger partial charge >= 0.3 is 0 Å². The average molecular weight is 361 g/mol. The van der Waals surface area contributed by atoms with E-state index in [0.29, 0.717) is 29.4 Å². The predicted octanol–water partition coefficient (Wildman–Crippen LogP) is 4.51. The van der Waals surface area contributed by atoms with Crippen LogP contribution in [0.5, 0.6) is 5.75 Å². The molecule has 25 heavy (non-hydrogen) atoms. The Morgan fingerprint density at radius 2 is 2.00 bits per heavy atom. The highest BCUT2D eigenvalue weighted by Gasteiger charge is 2.11. The van der Waals surface area contributed by atoms with Crippen molar-refractivity contribution in [1.29, 1.82) is 0 Å². The first-order chi connectivity index (χ1) is 12.0. The number of amides is 1. The molecule has 1 amide bonds. The van der Waals surface area contributed by atoms with E-state index >= 15 is 0 Å². The standard InChI is InChI=1S/C20H25ClN2O2/c1-4-23(14-16-8-6-5-7-15(16)2)12-11-20(24)22-18-13-17(21)9-10-19(18)25-3/h5-10,13H,4,11-12,14H2,1-3H3,(H,22,24). The van der Waals surface area contributed by atoms with Crippen molar-refractivity contribution in [3.8, 4) is 5.75 Å². The van der Waals surface area contributed by atoms with Crippen LogP contribution < -0.4 is 10.1 Å². The first-order valence-corrected chi connectivity index (χ1v) is 8.81. The number of hydrogen-bond donors (Lipinski definition) is 1. The van der Waals surface area contributed by atoms with Crippen LogP contribution >= 0.6 is 11.6 Å². The molecule has 2 rings (SSSR count). The summed E-state index contributed by atoms with van der Waals surface area (Å²) in [5.41, 5.74) is 3.16. The largest absolute Gasteiger partial charge is 0.495 e. The number of methoxy groups -OCH3 is 1. The number of anilines is 1. The lowest BCUT2D eigenvalue weighted by atomic mass is 10.1. The molecule has 0 radical (unpaired) electrons. The molecule has 0 bridgehead atoms. The molecular formula is C20H25ClN2O2.